The standard InChI is InChI=1S/C16H14N2/c1-12(15-8-3-2-6-10-17-15)14-11-18-16-9-5-4-7-13(14)16/h2-11,17-18H,1H2. The van der Waals surface area contributed by atoms with Gasteiger partial charge in [0.05, 0.1) is 0 Å². The fourth-order valence-corrected chi connectivity index (χ4v) is 2.11. The summed E-state index contributed by atoms with van der Waals surface area (Å²) in [6.45, 7) is 4.19. The highest BCUT2D eigenvalue weighted by atomic mass is 14.9. The maximum absolute atomic E-state index is 4.19. The molecule has 0 fully saturated rings. The maximum Gasteiger partial charge on any atom is 0.0460 e. The molecule has 18 heavy (non-hydrogen) atoms. The summed E-state index contributed by atoms with van der Waals surface area (Å²) in [7, 11) is 0. The molecule has 1 aliphatic rings. The molecule has 0 spiro atoms. The van der Waals surface area contributed by atoms with Gasteiger partial charge < -0.3 is 10.3 Å². The average Bonchev–Trinajstić information content (AvgIpc) is 2.65. The Balaban J connectivity index is 2.04. The van der Waals surface area contributed by atoms with E-state index in [-0.39, 0.29) is 0 Å². The highest BCUT2D eigenvalue weighted by Crippen LogP contribution is 2.27. The number of hydrogen-bond donors (Lipinski definition) is 2. The van der Waals surface area contributed by atoms with Crippen molar-refractivity contribution in [3.63, 3.8) is 0 Å². The molecule has 88 valence electrons. The van der Waals surface area contributed by atoms with Crippen molar-refractivity contribution in [1.82, 2.24) is 10.3 Å². The Kier molecular flexibility index (Phi) is 2.61. The molecule has 0 bridgehead atoms. The number of benzene rings is 1. The fourth-order valence-electron chi connectivity index (χ4n) is 2.11. The first-order valence-corrected chi connectivity index (χ1v) is 5.92. The molecule has 0 unspecified atom stereocenters. The normalized spacial score (nSPS) is 14.1. The molecule has 3 rings (SSSR count). The van der Waals surface area contributed by atoms with Gasteiger partial charge in [-0.15, -0.1) is 0 Å². The lowest BCUT2D eigenvalue weighted by Gasteiger charge is -2.09. The maximum atomic E-state index is 4.19. The minimum Gasteiger partial charge on any atom is -0.361 e. The molecule has 1 aromatic carbocycles. The lowest BCUT2D eigenvalue weighted by atomic mass is 10.0. The van der Waals surface area contributed by atoms with Crippen LogP contribution in [0, 0.1) is 0 Å². The predicted molar refractivity (Wildman–Crippen MR) is 76.8 cm³/mol. The van der Waals surface area contributed by atoms with Gasteiger partial charge in [-0.3, -0.25) is 0 Å². The van der Waals surface area contributed by atoms with Crippen molar-refractivity contribution in [3.8, 4) is 0 Å². The molecule has 0 saturated heterocycles. The van der Waals surface area contributed by atoms with Gasteiger partial charge in [0.2, 0.25) is 0 Å². The molecule has 2 aromatic rings. The molecule has 1 aliphatic heterocycles. The second-order valence-corrected chi connectivity index (χ2v) is 4.20. The predicted octanol–water partition coefficient (Wildman–Crippen LogP) is 3.74. The van der Waals surface area contributed by atoms with Crippen LogP contribution >= 0.6 is 0 Å². The van der Waals surface area contributed by atoms with E-state index in [0.717, 1.165) is 22.4 Å². The van der Waals surface area contributed by atoms with Crippen molar-refractivity contribution >= 4 is 16.5 Å². The first kappa shape index (κ1) is 10.7. The van der Waals surface area contributed by atoms with Gasteiger partial charge in [0.15, 0.2) is 0 Å². The largest absolute Gasteiger partial charge is 0.361 e. The molecule has 0 atom stereocenters. The van der Waals surface area contributed by atoms with Gasteiger partial charge >= 0.3 is 0 Å². The van der Waals surface area contributed by atoms with E-state index in [0.29, 0.717) is 0 Å². The van der Waals surface area contributed by atoms with Gasteiger partial charge in [-0.05, 0) is 18.2 Å². The van der Waals surface area contributed by atoms with Crippen LogP contribution in [-0.2, 0) is 0 Å². The Morgan fingerprint density at radius 3 is 2.89 bits per heavy atom. The summed E-state index contributed by atoms with van der Waals surface area (Å²) in [5.74, 6) is 0. The second-order valence-electron chi connectivity index (χ2n) is 4.20. The van der Waals surface area contributed by atoms with Crippen LogP contribution in [0.4, 0.5) is 0 Å². The van der Waals surface area contributed by atoms with Crippen LogP contribution in [0.15, 0.2) is 73.2 Å². The Labute approximate surface area is 106 Å². The molecule has 0 aliphatic carbocycles. The molecular weight excluding hydrogens is 220 g/mol. The molecule has 0 radical (unpaired) electrons. The molecule has 2 N–H and O–H groups in total. The Morgan fingerprint density at radius 2 is 1.94 bits per heavy atom. The third-order valence-electron chi connectivity index (χ3n) is 3.06. The van der Waals surface area contributed by atoms with Gasteiger partial charge in [0.25, 0.3) is 0 Å². The van der Waals surface area contributed by atoms with Crippen molar-refractivity contribution in [1.29, 1.82) is 0 Å². The van der Waals surface area contributed by atoms with Gasteiger partial charge in [-0.25, -0.2) is 0 Å². The van der Waals surface area contributed by atoms with Crippen molar-refractivity contribution < 1.29 is 0 Å². The monoisotopic (exact) mass is 234 g/mol. The van der Waals surface area contributed by atoms with Gasteiger partial charge in [0, 0.05) is 40.1 Å². The highest BCUT2D eigenvalue weighted by molar-refractivity contribution is 5.95. The molecular formula is C16H14N2. The van der Waals surface area contributed by atoms with Crippen LogP contribution in [0.25, 0.3) is 16.5 Å². The van der Waals surface area contributed by atoms with E-state index in [1.54, 1.807) is 0 Å². The zero-order chi connectivity index (χ0) is 12.4. The van der Waals surface area contributed by atoms with Crippen molar-refractivity contribution in [2.75, 3.05) is 0 Å². The number of aromatic nitrogens is 1. The van der Waals surface area contributed by atoms with Gasteiger partial charge in [-0.2, -0.15) is 0 Å². The SMILES string of the molecule is C=C(C1=CC=CC=CN1)c1c[nH]c2ccccc12. The van der Waals surface area contributed by atoms with Gasteiger partial charge in [0.1, 0.15) is 0 Å². The second kappa shape index (κ2) is 4.41. The van der Waals surface area contributed by atoms with Crippen LogP contribution in [0.3, 0.4) is 0 Å². The summed E-state index contributed by atoms with van der Waals surface area (Å²) < 4.78 is 0. The first-order valence-electron chi connectivity index (χ1n) is 5.92. The lowest BCUT2D eigenvalue weighted by Crippen LogP contribution is -2.05. The first-order chi connectivity index (χ1) is 8.86. The summed E-state index contributed by atoms with van der Waals surface area (Å²) >= 11 is 0. The van der Waals surface area contributed by atoms with Gasteiger partial charge in [-0.1, -0.05) is 36.9 Å². The van der Waals surface area contributed by atoms with Crippen LogP contribution in [0.2, 0.25) is 0 Å². The third-order valence-corrected chi connectivity index (χ3v) is 3.06. The third kappa shape index (κ3) is 1.78. The summed E-state index contributed by atoms with van der Waals surface area (Å²) in [6, 6.07) is 8.25. The Bertz CT molecular complexity index is 684. The van der Waals surface area contributed by atoms with E-state index in [9.17, 15) is 0 Å². The number of aromatic amines is 1. The number of allylic oxidation sites excluding steroid dienone is 5. The lowest BCUT2D eigenvalue weighted by molar-refractivity contribution is 1.13. The summed E-state index contributed by atoms with van der Waals surface area (Å²) in [5, 5.41) is 4.44. The van der Waals surface area contributed by atoms with Crippen molar-refractivity contribution in [2.45, 2.75) is 0 Å². The van der Waals surface area contributed by atoms with Crippen LogP contribution in [0.1, 0.15) is 5.56 Å². The Hall–Kier alpha value is -2.48. The van der Waals surface area contributed by atoms with Crippen LogP contribution < -0.4 is 5.32 Å². The van der Waals surface area contributed by atoms with E-state index in [1.165, 1.54) is 5.39 Å². The molecule has 0 saturated carbocycles. The molecule has 2 nitrogen and oxygen atoms in total. The summed E-state index contributed by atoms with van der Waals surface area (Å²) in [4.78, 5) is 3.27. The van der Waals surface area contributed by atoms with E-state index in [1.807, 2.05) is 48.8 Å². The molecule has 0 amide bonds. The van der Waals surface area contributed by atoms with Crippen LogP contribution in [-0.4, -0.2) is 4.98 Å². The van der Waals surface area contributed by atoms with E-state index >= 15 is 0 Å². The zero-order valence-corrected chi connectivity index (χ0v) is 9.98. The Morgan fingerprint density at radius 1 is 1.06 bits per heavy atom. The minimum absolute atomic E-state index is 0.989. The van der Waals surface area contributed by atoms with Crippen molar-refractivity contribution in [3.05, 3.63) is 78.8 Å². The number of fused-ring (bicyclic) bond motifs is 1. The number of rotatable bonds is 2. The summed E-state index contributed by atoms with van der Waals surface area (Å²) in [5.41, 5.74) is 4.27. The minimum atomic E-state index is 0.989. The smallest absolute Gasteiger partial charge is 0.0460 e. The van der Waals surface area contributed by atoms with Crippen LogP contribution in [0.5, 0.6) is 0 Å². The molecule has 1 aromatic heterocycles. The summed E-state index contributed by atoms with van der Waals surface area (Å²) in [6.07, 6.45) is 11.9. The van der Waals surface area contributed by atoms with Crippen molar-refractivity contribution in [2.24, 2.45) is 0 Å². The number of nitrogens with one attached hydrogen (secondary N) is 2. The number of para-hydroxylation sites is 1. The quantitative estimate of drug-likeness (QED) is 0.814. The average molecular weight is 234 g/mol. The molecule has 2 heterocycles. The van der Waals surface area contributed by atoms with E-state index < -0.39 is 0 Å². The van der Waals surface area contributed by atoms with E-state index in [4.69, 9.17) is 0 Å². The number of H-pyrrole nitrogens is 1. The molecule has 2 heteroatoms. The van der Waals surface area contributed by atoms with E-state index in [2.05, 4.69) is 29.0 Å². The number of hydrogen-bond acceptors (Lipinski definition) is 1. The fraction of sp³-hybridized carbons (Fsp3) is 0. The topological polar surface area (TPSA) is 27.8 Å². The highest BCUT2D eigenvalue weighted by Gasteiger charge is 2.09. The zero-order valence-electron chi connectivity index (χ0n) is 9.98.